The van der Waals surface area contributed by atoms with Crippen molar-refractivity contribution in [3.8, 4) is 0 Å². The van der Waals surface area contributed by atoms with Crippen LogP contribution in [0.5, 0.6) is 0 Å². The Hall–Kier alpha value is -1.56. The van der Waals surface area contributed by atoms with Crippen LogP contribution in [0.15, 0.2) is 33.7 Å². The third kappa shape index (κ3) is 31.2. The van der Waals surface area contributed by atoms with E-state index in [1.807, 2.05) is 0 Å². The third-order valence-electron chi connectivity index (χ3n) is 10.3. The van der Waals surface area contributed by atoms with E-state index in [4.69, 9.17) is 0 Å². The molecule has 1 aliphatic carbocycles. The molecule has 1 amide bonds. The lowest BCUT2D eigenvalue weighted by molar-refractivity contribution is -0.118. The summed E-state index contributed by atoms with van der Waals surface area (Å²) in [5.74, 6) is 0.333. The molecule has 0 aromatic heterocycles. The number of hydrogen-bond donors (Lipinski definition) is 0. The molecule has 0 atom stereocenters. The quantitative estimate of drug-likeness (QED) is 0.0484. The summed E-state index contributed by atoms with van der Waals surface area (Å²) >= 11 is 0. The maximum Gasteiger partial charge on any atom is 0.250 e. The van der Waals surface area contributed by atoms with E-state index in [2.05, 4.69) is 23.2 Å². The minimum absolute atomic E-state index is 0.0651. The van der Waals surface area contributed by atoms with Crippen molar-refractivity contribution < 1.29 is 13.2 Å². The first kappa shape index (κ1) is 46.5. The summed E-state index contributed by atoms with van der Waals surface area (Å²) in [5.41, 5.74) is 0.929. The molecule has 0 aliphatic heterocycles. The Morgan fingerprint density at radius 1 is 0.480 bits per heavy atom. The zero-order valence-corrected chi connectivity index (χ0v) is 34.1. The van der Waals surface area contributed by atoms with Crippen LogP contribution in [0.25, 0.3) is 0 Å². The average molecular weight is 717 g/mol. The van der Waals surface area contributed by atoms with Crippen molar-refractivity contribution in [1.82, 2.24) is 0 Å². The van der Waals surface area contributed by atoms with Crippen LogP contribution in [0.1, 0.15) is 226 Å². The number of allylic oxidation sites excluding steroid dienone is 4. The predicted octanol–water partition coefficient (Wildman–Crippen LogP) is 14.0. The molecule has 290 valence electrons. The summed E-state index contributed by atoms with van der Waals surface area (Å²) in [6.45, 7) is 4.57. The number of hydrogen-bond acceptors (Lipinski definition) is 3. The second-order valence-corrected chi connectivity index (χ2v) is 17.0. The molecule has 6 heteroatoms. The molecule has 0 aromatic rings. The van der Waals surface area contributed by atoms with Gasteiger partial charge in [-0.05, 0) is 43.1 Å². The third-order valence-corrected chi connectivity index (χ3v) is 10.8. The van der Waals surface area contributed by atoms with Crippen LogP contribution < -0.4 is 0 Å². The average Bonchev–Trinajstić information content (AvgIpc) is 3.08. The smallest absolute Gasteiger partial charge is 0.250 e. The zero-order chi connectivity index (χ0) is 36.4. The van der Waals surface area contributed by atoms with E-state index >= 15 is 0 Å². The molecule has 0 aromatic carbocycles. The summed E-state index contributed by atoms with van der Waals surface area (Å²) in [6, 6.07) is 0. The summed E-state index contributed by atoms with van der Waals surface area (Å²) in [6.07, 6.45) is 51.5. The lowest BCUT2D eigenvalue weighted by atomic mass is 9.91. The maximum absolute atomic E-state index is 13.0. The molecule has 0 unspecified atom stereocenters. The summed E-state index contributed by atoms with van der Waals surface area (Å²) in [4.78, 5) is 17.3. The molecular weight excluding hydrogens is 637 g/mol. The number of amides is 1. The Morgan fingerprint density at radius 2 is 0.760 bits per heavy atom. The van der Waals surface area contributed by atoms with Gasteiger partial charge in [-0.3, -0.25) is 4.79 Å². The number of unbranched alkanes of at least 4 members (excludes halogenated alkanes) is 28. The number of aliphatic imine (C=N–C) groups is 1. The normalized spacial score (nSPS) is 13.1. The number of nitrogens with zero attached hydrogens (tertiary/aromatic N) is 2. The van der Waals surface area contributed by atoms with E-state index in [-0.39, 0.29) is 5.91 Å². The fraction of sp³-hybridized carbons (Fsp3) is 0.841. The Balaban J connectivity index is 2.30. The topological polar surface area (TPSA) is 75.9 Å². The van der Waals surface area contributed by atoms with Gasteiger partial charge in [0.1, 0.15) is 0 Å². The maximum atomic E-state index is 13.0. The van der Waals surface area contributed by atoms with Gasteiger partial charge in [0.05, 0.1) is 17.7 Å². The first-order valence-electron chi connectivity index (χ1n) is 21.6. The summed E-state index contributed by atoms with van der Waals surface area (Å²) in [7, 11) is -3.45. The van der Waals surface area contributed by atoms with Crippen LogP contribution in [0.2, 0.25) is 0 Å². The second-order valence-electron chi connectivity index (χ2n) is 15.4. The van der Waals surface area contributed by atoms with Crippen LogP contribution in [-0.2, 0) is 14.8 Å². The summed E-state index contributed by atoms with van der Waals surface area (Å²) in [5, 5.41) is 0. The number of carbonyl (C=O) groups is 1. The van der Waals surface area contributed by atoms with Crippen molar-refractivity contribution in [2.24, 2.45) is 15.3 Å². The fourth-order valence-electron chi connectivity index (χ4n) is 7.17. The molecule has 0 radical (unpaired) electrons. The number of sulfonamides is 1. The van der Waals surface area contributed by atoms with Gasteiger partial charge < -0.3 is 0 Å². The molecule has 0 saturated heterocycles. The highest BCUT2D eigenvalue weighted by molar-refractivity contribution is 7.89. The highest BCUT2D eigenvalue weighted by atomic mass is 32.2. The van der Waals surface area contributed by atoms with Crippen molar-refractivity contribution in [2.45, 2.75) is 226 Å². The molecule has 0 fully saturated rings. The standard InChI is InChI=1S/C44H80N2O3S/c1-4-6-8-10-12-14-16-18-20-22-24-26-28-30-32-34-41(40-44(47)45-42-36-38-43(39-37-42)46-50(3,48)49)35-33-31-29-27-25-23-21-19-17-15-13-11-9-7-5-2/h36-39,41H,4-35,40H2,1-3H3. The van der Waals surface area contributed by atoms with Gasteiger partial charge in [-0.25, -0.2) is 13.4 Å². The van der Waals surface area contributed by atoms with Gasteiger partial charge in [-0.2, -0.15) is 4.40 Å². The molecular formula is C44H80N2O3S. The molecule has 0 N–H and O–H groups in total. The minimum atomic E-state index is -3.45. The second kappa shape index (κ2) is 33.3. The molecule has 5 nitrogen and oxygen atoms in total. The van der Waals surface area contributed by atoms with Gasteiger partial charge in [0.25, 0.3) is 10.0 Å². The number of carbonyl (C=O) groups excluding carboxylic acids is 1. The molecule has 1 aliphatic rings. The van der Waals surface area contributed by atoms with E-state index in [9.17, 15) is 13.2 Å². The van der Waals surface area contributed by atoms with Crippen molar-refractivity contribution in [3.05, 3.63) is 24.3 Å². The zero-order valence-electron chi connectivity index (χ0n) is 33.2. The van der Waals surface area contributed by atoms with Gasteiger partial charge >= 0.3 is 0 Å². The van der Waals surface area contributed by atoms with E-state index in [0.717, 1.165) is 19.1 Å². The van der Waals surface area contributed by atoms with Crippen molar-refractivity contribution in [3.63, 3.8) is 0 Å². The van der Waals surface area contributed by atoms with Crippen molar-refractivity contribution in [2.75, 3.05) is 6.26 Å². The van der Waals surface area contributed by atoms with Crippen LogP contribution in [-0.4, -0.2) is 32.0 Å². The van der Waals surface area contributed by atoms with E-state index in [1.54, 1.807) is 24.3 Å². The van der Waals surface area contributed by atoms with Gasteiger partial charge in [-0.15, -0.1) is 0 Å². The molecule has 0 bridgehead atoms. The Bertz CT molecular complexity index is 991. The number of rotatable bonds is 35. The first-order valence-corrected chi connectivity index (χ1v) is 23.5. The molecule has 1 rings (SSSR count). The monoisotopic (exact) mass is 717 g/mol. The molecule has 0 saturated carbocycles. The minimum Gasteiger partial charge on any atom is -0.273 e. The van der Waals surface area contributed by atoms with Gasteiger partial charge in [0.2, 0.25) is 5.91 Å². The van der Waals surface area contributed by atoms with Crippen LogP contribution >= 0.6 is 0 Å². The fourth-order valence-corrected chi connectivity index (χ4v) is 7.68. The predicted molar refractivity (Wildman–Crippen MR) is 220 cm³/mol. The molecule has 0 heterocycles. The Morgan fingerprint density at radius 3 is 1.06 bits per heavy atom. The van der Waals surface area contributed by atoms with Crippen LogP contribution in [0.3, 0.4) is 0 Å². The molecule has 0 spiro atoms. The SMILES string of the molecule is CCCCCCCCCCCCCCCCCC(CCCCCCCCCCCCCCCCC)CC(=O)N=C1C=CC(=NS(C)(=O)=O)C=C1. The Labute approximate surface area is 311 Å². The van der Waals surface area contributed by atoms with Crippen LogP contribution in [0, 0.1) is 5.92 Å². The largest absolute Gasteiger partial charge is 0.273 e. The van der Waals surface area contributed by atoms with E-state index in [1.165, 1.54) is 193 Å². The highest BCUT2D eigenvalue weighted by Gasteiger charge is 2.14. The van der Waals surface area contributed by atoms with Gasteiger partial charge in [0.15, 0.2) is 0 Å². The summed E-state index contributed by atoms with van der Waals surface area (Å²) < 4.78 is 26.6. The van der Waals surface area contributed by atoms with E-state index in [0.29, 0.717) is 23.8 Å². The Kier molecular flexibility index (Phi) is 30.9. The van der Waals surface area contributed by atoms with E-state index < -0.39 is 10.0 Å². The lowest BCUT2D eigenvalue weighted by Gasteiger charge is -2.15. The lowest BCUT2D eigenvalue weighted by Crippen LogP contribution is -2.10. The first-order chi connectivity index (χ1) is 24.3. The molecule has 50 heavy (non-hydrogen) atoms. The van der Waals surface area contributed by atoms with Crippen molar-refractivity contribution in [1.29, 1.82) is 0 Å². The van der Waals surface area contributed by atoms with Crippen LogP contribution in [0.4, 0.5) is 0 Å². The van der Waals surface area contributed by atoms with Crippen molar-refractivity contribution >= 4 is 27.4 Å². The van der Waals surface area contributed by atoms with Gasteiger partial charge in [-0.1, -0.05) is 206 Å². The van der Waals surface area contributed by atoms with Gasteiger partial charge in [0, 0.05) is 6.42 Å². The highest BCUT2D eigenvalue weighted by Crippen LogP contribution is 2.23.